The minimum Gasteiger partial charge on any atom is -0.466 e. The highest BCUT2D eigenvalue weighted by molar-refractivity contribution is 5.77. The zero-order valence-electron chi connectivity index (χ0n) is 22.5. The molecule has 0 aromatic heterocycles. The van der Waals surface area contributed by atoms with Crippen LogP contribution >= 0.6 is 0 Å². The van der Waals surface area contributed by atoms with Crippen LogP contribution < -0.4 is 0 Å². The van der Waals surface area contributed by atoms with Crippen LogP contribution in [0.1, 0.15) is 162 Å². The van der Waals surface area contributed by atoms with Crippen LogP contribution in [-0.2, 0) is 19.1 Å². The van der Waals surface area contributed by atoms with Gasteiger partial charge < -0.3 is 9.47 Å². The lowest BCUT2D eigenvalue weighted by Gasteiger charge is -2.16. The zero-order valence-corrected chi connectivity index (χ0v) is 22.5. The van der Waals surface area contributed by atoms with Crippen LogP contribution in [0.2, 0.25) is 0 Å². The summed E-state index contributed by atoms with van der Waals surface area (Å²) < 4.78 is 10.7. The summed E-state index contributed by atoms with van der Waals surface area (Å²) in [5, 5.41) is 0. The van der Waals surface area contributed by atoms with E-state index in [1.54, 1.807) is 0 Å². The second-order valence-corrected chi connectivity index (χ2v) is 9.71. The van der Waals surface area contributed by atoms with E-state index in [2.05, 4.69) is 20.8 Å². The number of unbranched alkanes of at least 4 members (excludes halogenated alkanes) is 15. The summed E-state index contributed by atoms with van der Waals surface area (Å²) in [5.41, 5.74) is 0. The molecule has 0 saturated carbocycles. The Hall–Kier alpha value is -1.06. The molecule has 4 heteroatoms. The molecule has 0 aromatic rings. The Labute approximate surface area is 206 Å². The summed E-state index contributed by atoms with van der Waals surface area (Å²) in [6, 6.07) is 0. The van der Waals surface area contributed by atoms with E-state index in [1.165, 1.54) is 89.9 Å². The van der Waals surface area contributed by atoms with Crippen LogP contribution in [0, 0.1) is 0 Å². The highest BCUT2D eigenvalue weighted by Gasteiger charge is 2.14. The first-order chi connectivity index (χ1) is 16.1. The van der Waals surface area contributed by atoms with Gasteiger partial charge in [-0.2, -0.15) is 0 Å². The van der Waals surface area contributed by atoms with Gasteiger partial charge in [0.25, 0.3) is 0 Å². The second kappa shape index (κ2) is 25.6. The van der Waals surface area contributed by atoms with Crippen molar-refractivity contribution >= 4 is 11.9 Å². The van der Waals surface area contributed by atoms with E-state index in [0.717, 1.165) is 38.5 Å². The quantitative estimate of drug-likeness (QED) is 0.0990. The molecular formula is C29H56O4. The van der Waals surface area contributed by atoms with Gasteiger partial charge in [0.2, 0.25) is 0 Å². The van der Waals surface area contributed by atoms with Crippen molar-refractivity contribution in [2.45, 2.75) is 168 Å². The van der Waals surface area contributed by atoms with Crippen LogP contribution in [0.3, 0.4) is 0 Å². The molecule has 0 radical (unpaired) electrons. The maximum Gasteiger partial charge on any atom is 0.306 e. The Morgan fingerprint density at radius 3 is 1.33 bits per heavy atom. The van der Waals surface area contributed by atoms with Crippen molar-refractivity contribution in [2.75, 3.05) is 6.61 Å². The highest BCUT2D eigenvalue weighted by Crippen LogP contribution is 2.14. The van der Waals surface area contributed by atoms with Gasteiger partial charge in [0.05, 0.1) is 19.4 Å². The van der Waals surface area contributed by atoms with E-state index >= 15 is 0 Å². The lowest BCUT2D eigenvalue weighted by Crippen LogP contribution is -2.19. The third kappa shape index (κ3) is 23.9. The van der Waals surface area contributed by atoms with Gasteiger partial charge in [-0.25, -0.2) is 0 Å². The Morgan fingerprint density at radius 1 is 0.515 bits per heavy atom. The molecule has 0 unspecified atom stereocenters. The van der Waals surface area contributed by atoms with Gasteiger partial charge in [-0.05, 0) is 19.3 Å². The number of carbonyl (C=O) groups is 2. The Balaban J connectivity index is 3.38. The third-order valence-electron chi connectivity index (χ3n) is 6.31. The maximum atomic E-state index is 11.9. The first kappa shape index (κ1) is 31.9. The van der Waals surface area contributed by atoms with E-state index in [9.17, 15) is 9.59 Å². The average Bonchev–Trinajstić information content (AvgIpc) is 2.80. The predicted octanol–water partition coefficient (Wildman–Crippen LogP) is 9.08. The molecule has 4 nitrogen and oxygen atoms in total. The molecular weight excluding hydrogens is 412 g/mol. The summed E-state index contributed by atoms with van der Waals surface area (Å²) >= 11 is 0. The average molecular weight is 469 g/mol. The van der Waals surface area contributed by atoms with Gasteiger partial charge in [0, 0.05) is 0 Å². The SMILES string of the molecule is CCCCCCCCCCCCCCCCCCOC(=O)CCC(=O)OC(CCC)CCC. The molecule has 0 amide bonds. The smallest absolute Gasteiger partial charge is 0.306 e. The number of carbonyl (C=O) groups excluding carboxylic acids is 2. The predicted molar refractivity (Wildman–Crippen MR) is 139 cm³/mol. The Morgan fingerprint density at radius 2 is 0.909 bits per heavy atom. The van der Waals surface area contributed by atoms with Crippen molar-refractivity contribution in [3.8, 4) is 0 Å². The fraction of sp³-hybridized carbons (Fsp3) is 0.931. The second-order valence-electron chi connectivity index (χ2n) is 9.71. The van der Waals surface area contributed by atoms with Gasteiger partial charge in [-0.15, -0.1) is 0 Å². The number of esters is 2. The summed E-state index contributed by atoms with van der Waals surface area (Å²) in [7, 11) is 0. The van der Waals surface area contributed by atoms with Crippen molar-refractivity contribution in [1.29, 1.82) is 0 Å². The Bertz CT molecular complexity index is 429. The summed E-state index contributed by atoms with van der Waals surface area (Å²) in [6.07, 6.45) is 25.3. The minimum atomic E-state index is -0.282. The molecule has 0 aromatic carbocycles. The van der Waals surface area contributed by atoms with Crippen molar-refractivity contribution in [2.24, 2.45) is 0 Å². The molecule has 0 atom stereocenters. The van der Waals surface area contributed by atoms with Crippen LogP contribution in [-0.4, -0.2) is 24.6 Å². The first-order valence-corrected chi connectivity index (χ1v) is 14.5. The van der Waals surface area contributed by atoms with Crippen molar-refractivity contribution in [1.82, 2.24) is 0 Å². The van der Waals surface area contributed by atoms with Gasteiger partial charge >= 0.3 is 11.9 Å². The molecule has 0 aliphatic heterocycles. The van der Waals surface area contributed by atoms with Crippen LogP contribution in [0.15, 0.2) is 0 Å². The molecule has 0 heterocycles. The molecule has 196 valence electrons. The fourth-order valence-electron chi connectivity index (χ4n) is 4.26. The first-order valence-electron chi connectivity index (χ1n) is 14.5. The molecule has 0 aliphatic carbocycles. The summed E-state index contributed by atoms with van der Waals surface area (Å²) in [6.45, 7) is 6.93. The lowest BCUT2D eigenvalue weighted by molar-refractivity contribution is -0.154. The highest BCUT2D eigenvalue weighted by atomic mass is 16.5. The molecule has 0 saturated heterocycles. The number of ether oxygens (including phenoxy) is 2. The van der Waals surface area contributed by atoms with Crippen molar-refractivity contribution in [3.05, 3.63) is 0 Å². The minimum absolute atomic E-state index is 0.00590. The summed E-state index contributed by atoms with van der Waals surface area (Å²) in [5.74, 6) is -0.559. The molecule has 0 fully saturated rings. The van der Waals surface area contributed by atoms with E-state index in [0.29, 0.717) is 6.61 Å². The molecule has 0 aliphatic rings. The van der Waals surface area contributed by atoms with Crippen LogP contribution in [0.25, 0.3) is 0 Å². The lowest BCUT2D eigenvalue weighted by atomic mass is 10.0. The molecule has 0 spiro atoms. The molecule has 0 rings (SSSR count). The third-order valence-corrected chi connectivity index (χ3v) is 6.31. The fourth-order valence-corrected chi connectivity index (χ4v) is 4.26. The largest absolute Gasteiger partial charge is 0.466 e. The Kier molecular flexibility index (Phi) is 24.7. The number of rotatable bonds is 25. The standard InChI is InChI=1S/C29H56O4/c1-4-7-8-9-10-11-12-13-14-15-16-17-18-19-20-21-26-32-28(30)24-25-29(31)33-27(22-5-2)23-6-3/h27H,4-26H2,1-3H3. The van der Waals surface area contributed by atoms with E-state index in [-0.39, 0.29) is 30.9 Å². The molecule has 0 bridgehead atoms. The van der Waals surface area contributed by atoms with Gasteiger partial charge in [-0.1, -0.05) is 130 Å². The van der Waals surface area contributed by atoms with Gasteiger partial charge in [-0.3, -0.25) is 9.59 Å². The monoisotopic (exact) mass is 468 g/mol. The van der Waals surface area contributed by atoms with E-state index < -0.39 is 0 Å². The summed E-state index contributed by atoms with van der Waals surface area (Å²) in [4.78, 5) is 23.7. The maximum absolute atomic E-state index is 11.9. The van der Waals surface area contributed by atoms with Crippen LogP contribution in [0.5, 0.6) is 0 Å². The normalized spacial score (nSPS) is 11.2. The van der Waals surface area contributed by atoms with E-state index in [4.69, 9.17) is 9.47 Å². The number of hydrogen-bond donors (Lipinski definition) is 0. The van der Waals surface area contributed by atoms with E-state index in [1.807, 2.05) is 0 Å². The molecule has 33 heavy (non-hydrogen) atoms. The zero-order chi connectivity index (χ0) is 24.4. The molecule has 0 N–H and O–H groups in total. The van der Waals surface area contributed by atoms with Gasteiger partial charge in [0.15, 0.2) is 0 Å². The topological polar surface area (TPSA) is 52.6 Å². The van der Waals surface area contributed by atoms with Gasteiger partial charge in [0.1, 0.15) is 6.10 Å². The van der Waals surface area contributed by atoms with Crippen molar-refractivity contribution < 1.29 is 19.1 Å². The number of hydrogen-bond acceptors (Lipinski definition) is 4. The van der Waals surface area contributed by atoms with Crippen molar-refractivity contribution in [3.63, 3.8) is 0 Å². The van der Waals surface area contributed by atoms with Crippen LogP contribution in [0.4, 0.5) is 0 Å².